The second-order valence-corrected chi connectivity index (χ2v) is 12.0. The van der Waals surface area contributed by atoms with E-state index in [1.54, 1.807) is 44.2 Å². The van der Waals surface area contributed by atoms with E-state index in [1.807, 2.05) is 37.3 Å². The van der Waals surface area contributed by atoms with Crippen LogP contribution in [0, 0.1) is 9.39 Å². The summed E-state index contributed by atoms with van der Waals surface area (Å²) >= 11 is 3.36. The van der Waals surface area contributed by atoms with E-state index < -0.39 is 12.0 Å². The molecular weight excluding hydrogens is 698 g/mol. The number of esters is 1. The van der Waals surface area contributed by atoms with Gasteiger partial charge in [-0.3, -0.25) is 9.36 Å². The predicted molar refractivity (Wildman–Crippen MR) is 174 cm³/mol. The molecule has 4 aromatic rings. The molecule has 0 spiro atoms. The molecule has 44 heavy (non-hydrogen) atoms. The van der Waals surface area contributed by atoms with Gasteiger partial charge in [-0.05, 0) is 85.3 Å². The van der Waals surface area contributed by atoms with Crippen molar-refractivity contribution in [1.29, 1.82) is 0 Å². The maximum atomic E-state index is 14.4. The summed E-state index contributed by atoms with van der Waals surface area (Å²) in [7, 11) is 1.52. The van der Waals surface area contributed by atoms with Crippen molar-refractivity contribution in [2.75, 3.05) is 20.3 Å². The van der Waals surface area contributed by atoms with Crippen molar-refractivity contribution in [2.24, 2.45) is 4.99 Å². The molecule has 0 bridgehead atoms. The smallest absolute Gasteiger partial charge is 0.338 e. The van der Waals surface area contributed by atoms with Gasteiger partial charge in [-0.1, -0.05) is 41.7 Å². The molecular formula is C33H30FIN2O6S. The number of aromatic nitrogens is 1. The van der Waals surface area contributed by atoms with Gasteiger partial charge < -0.3 is 18.9 Å². The Morgan fingerprint density at radius 1 is 1.09 bits per heavy atom. The highest BCUT2D eigenvalue weighted by molar-refractivity contribution is 14.1. The number of hydrogen-bond acceptors (Lipinski definition) is 8. The molecule has 2 heterocycles. The van der Waals surface area contributed by atoms with E-state index in [9.17, 15) is 14.0 Å². The number of rotatable bonds is 10. The van der Waals surface area contributed by atoms with Crippen LogP contribution in [0.25, 0.3) is 6.08 Å². The van der Waals surface area contributed by atoms with Gasteiger partial charge in [-0.25, -0.2) is 14.2 Å². The molecule has 1 aliphatic rings. The molecule has 1 aliphatic heterocycles. The molecule has 0 amide bonds. The molecule has 0 fully saturated rings. The molecule has 0 aliphatic carbocycles. The van der Waals surface area contributed by atoms with Crippen LogP contribution in [0.1, 0.15) is 43.5 Å². The average molecular weight is 729 g/mol. The Hall–Kier alpha value is -3.97. The first kappa shape index (κ1) is 31.5. The highest BCUT2D eigenvalue weighted by atomic mass is 127. The Kier molecular flexibility index (Phi) is 9.84. The zero-order valence-electron chi connectivity index (χ0n) is 24.6. The van der Waals surface area contributed by atoms with Crippen molar-refractivity contribution >= 4 is 46.0 Å². The normalized spacial score (nSPS) is 14.6. The van der Waals surface area contributed by atoms with Crippen molar-refractivity contribution in [2.45, 2.75) is 33.4 Å². The minimum atomic E-state index is -0.759. The number of fused-ring (bicyclic) bond motifs is 1. The Labute approximate surface area is 271 Å². The van der Waals surface area contributed by atoms with Gasteiger partial charge in [0, 0.05) is 14.7 Å². The third kappa shape index (κ3) is 6.43. The van der Waals surface area contributed by atoms with Gasteiger partial charge in [0.25, 0.3) is 5.56 Å². The van der Waals surface area contributed by atoms with Crippen LogP contribution in [0.3, 0.4) is 0 Å². The first-order chi connectivity index (χ1) is 21.2. The molecule has 1 atom stereocenters. The largest absolute Gasteiger partial charge is 0.494 e. The molecule has 0 saturated heterocycles. The molecule has 0 saturated carbocycles. The summed E-state index contributed by atoms with van der Waals surface area (Å²) in [6, 6.07) is 16.6. The molecule has 5 rings (SSSR count). The van der Waals surface area contributed by atoms with Gasteiger partial charge >= 0.3 is 5.97 Å². The Bertz CT molecular complexity index is 1920. The summed E-state index contributed by atoms with van der Waals surface area (Å²) in [4.78, 5) is 32.4. The van der Waals surface area contributed by atoms with E-state index in [0.29, 0.717) is 61.1 Å². The molecule has 0 unspecified atom stereocenters. The fourth-order valence-electron chi connectivity index (χ4n) is 4.93. The van der Waals surface area contributed by atoms with Crippen LogP contribution in [0.4, 0.5) is 4.39 Å². The minimum Gasteiger partial charge on any atom is -0.494 e. The summed E-state index contributed by atoms with van der Waals surface area (Å²) < 4.78 is 39.8. The average Bonchev–Trinajstić information content (AvgIpc) is 3.30. The van der Waals surface area contributed by atoms with Crippen molar-refractivity contribution < 1.29 is 28.1 Å². The van der Waals surface area contributed by atoms with E-state index in [-0.39, 0.29) is 24.6 Å². The number of carbonyl (C=O) groups excluding carboxylic acids is 1. The summed E-state index contributed by atoms with van der Waals surface area (Å²) in [5.41, 5.74) is 2.10. The third-order valence-corrected chi connectivity index (χ3v) is 8.51. The van der Waals surface area contributed by atoms with Crippen LogP contribution in [0.15, 0.2) is 81.7 Å². The number of benzene rings is 3. The van der Waals surface area contributed by atoms with Crippen LogP contribution in [0.2, 0.25) is 0 Å². The van der Waals surface area contributed by atoms with Crippen LogP contribution < -0.4 is 29.1 Å². The number of ether oxygens (including phenoxy) is 4. The summed E-state index contributed by atoms with van der Waals surface area (Å²) in [6.45, 7) is 6.03. The molecule has 3 aromatic carbocycles. The number of nitrogens with zero attached hydrogens (tertiary/aromatic N) is 2. The van der Waals surface area contributed by atoms with Gasteiger partial charge in [0.2, 0.25) is 0 Å². The van der Waals surface area contributed by atoms with Crippen molar-refractivity contribution in [3.8, 4) is 17.2 Å². The standard InChI is InChI=1S/C33H30FIN2O6S/c1-5-41-24-13-11-20(12-14-24)29-28(32(39)42-6-2)19(3)36-33-37(29)31(38)27(44-33)16-22-15-23(35)17-26(40-4)30(22)43-18-21-9-7-8-10-25(21)34/h7-17,29H,5-6,18H2,1-4H3/b27-16-/t29-/m0/s1. The lowest BCUT2D eigenvalue weighted by Gasteiger charge is -2.24. The summed E-state index contributed by atoms with van der Waals surface area (Å²) in [5.74, 6) is 0.577. The maximum absolute atomic E-state index is 14.4. The first-order valence-electron chi connectivity index (χ1n) is 13.9. The first-order valence-corrected chi connectivity index (χ1v) is 15.8. The fraction of sp³-hybridized carbons (Fsp3) is 0.242. The van der Waals surface area contributed by atoms with Gasteiger partial charge in [0.1, 0.15) is 18.2 Å². The highest BCUT2D eigenvalue weighted by Crippen LogP contribution is 2.35. The lowest BCUT2D eigenvalue weighted by Crippen LogP contribution is -2.39. The Morgan fingerprint density at radius 3 is 2.52 bits per heavy atom. The van der Waals surface area contributed by atoms with E-state index in [4.69, 9.17) is 18.9 Å². The van der Waals surface area contributed by atoms with Crippen molar-refractivity contribution in [1.82, 2.24) is 4.57 Å². The summed E-state index contributed by atoms with van der Waals surface area (Å²) in [5, 5.41) is 0. The number of carbonyl (C=O) groups is 1. The summed E-state index contributed by atoms with van der Waals surface area (Å²) in [6.07, 6.45) is 1.71. The van der Waals surface area contributed by atoms with Gasteiger partial charge in [-0.15, -0.1) is 0 Å². The van der Waals surface area contributed by atoms with Gasteiger partial charge in [0.05, 0.1) is 42.2 Å². The minimum absolute atomic E-state index is 0.0362. The lowest BCUT2D eigenvalue weighted by atomic mass is 9.96. The van der Waals surface area contributed by atoms with E-state index in [1.165, 1.54) is 29.1 Å². The van der Waals surface area contributed by atoms with Crippen molar-refractivity contribution in [3.63, 3.8) is 0 Å². The quantitative estimate of drug-likeness (QED) is 0.158. The molecule has 0 N–H and O–H groups in total. The molecule has 1 aromatic heterocycles. The fourth-order valence-corrected chi connectivity index (χ4v) is 6.58. The SMILES string of the molecule is CCOC(=O)C1=C(C)N=c2s/c(=C\c3cc(I)cc(OC)c3OCc3ccccc3F)c(=O)n2[C@H]1c1ccc(OCC)cc1. The second kappa shape index (κ2) is 13.8. The van der Waals surface area contributed by atoms with Gasteiger partial charge in [-0.2, -0.15) is 0 Å². The number of methoxy groups -OCH3 is 1. The van der Waals surface area contributed by atoms with Crippen LogP contribution in [0.5, 0.6) is 17.2 Å². The van der Waals surface area contributed by atoms with Crippen LogP contribution in [-0.4, -0.2) is 30.9 Å². The Balaban J connectivity index is 1.66. The monoisotopic (exact) mass is 728 g/mol. The second-order valence-electron chi connectivity index (χ2n) is 9.71. The Morgan fingerprint density at radius 2 is 1.84 bits per heavy atom. The van der Waals surface area contributed by atoms with E-state index in [0.717, 1.165) is 3.57 Å². The third-order valence-electron chi connectivity index (χ3n) is 6.91. The topological polar surface area (TPSA) is 88.4 Å². The number of allylic oxidation sites excluding steroid dienone is 1. The molecule has 228 valence electrons. The zero-order chi connectivity index (χ0) is 31.4. The van der Waals surface area contributed by atoms with E-state index >= 15 is 0 Å². The van der Waals surface area contributed by atoms with Crippen LogP contribution >= 0.6 is 33.9 Å². The number of hydrogen-bond donors (Lipinski definition) is 0. The zero-order valence-corrected chi connectivity index (χ0v) is 27.5. The van der Waals surface area contributed by atoms with Crippen molar-refractivity contribution in [3.05, 3.63) is 118 Å². The van der Waals surface area contributed by atoms with E-state index in [2.05, 4.69) is 27.6 Å². The lowest BCUT2D eigenvalue weighted by molar-refractivity contribution is -0.139. The predicted octanol–water partition coefficient (Wildman–Crippen LogP) is 5.53. The number of thiazole rings is 1. The molecule has 0 radical (unpaired) electrons. The van der Waals surface area contributed by atoms with Crippen LogP contribution in [-0.2, 0) is 16.1 Å². The highest BCUT2D eigenvalue weighted by Gasteiger charge is 2.33. The molecule has 11 heteroatoms. The maximum Gasteiger partial charge on any atom is 0.338 e. The van der Waals surface area contributed by atoms with Gasteiger partial charge in [0.15, 0.2) is 16.3 Å². The molecule has 8 nitrogen and oxygen atoms in total. The number of halogens is 2.